The van der Waals surface area contributed by atoms with E-state index in [1.54, 1.807) is 0 Å². The number of fused-ring (bicyclic) bond motifs is 4. The van der Waals surface area contributed by atoms with Crippen LogP contribution in [0.2, 0.25) is 0 Å². The first-order valence-electron chi connectivity index (χ1n) is 18.1. The van der Waals surface area contributed by atoms with Crippen LogP contribution in [0.1, 0.15) is 22.6 Å². The summed E-state index contributed by atoms with van der Waals surface area (Å²) in [5, 5.41) is 2.46. The Labute approximate surface area is 312 Å². The van der Waals surface area contributed by atoms with Crippen molar-refractivity contribution in [1.29, 1.82) is 0 Å². The van der Waals surface area contributed by atoms with Gasteiger partial charge in [-0.3, -0.25) is 4.79 Å². The Kier molecular flexibility index (Phi) is 6.61. The fourth-order valence-electron chi connectivity index (χ4n) is 8.90. The largest absolute Gasteiger partial charge is 0.309 e. The number of Topliss-reactive ketones (excluding diaryl/α,β-unsaturated/α-hetero) is 1. The first kappa shape index (κ1) is 30.3. The zero-order chi connectivity index (χ0) is 35.1. The van der Waals surface area contributed by atoms with Gasteiger partial charge in [-0.15, -0.1) is 0 Å². The van der Waals surface area contributed by atoms with Gasteiger partial charge in [-0.25, -0.2) is 0 Å². The van der Waals surface area contributed by atoms with E-state index in [0.717, 1.165) is 45.1 Å². The Morgan fingerprint density at radius 3 is 1.83 bits per heavy atom. The molecule has 0 N–H and O–H groups in total. The van der Waals surface area contributed by atoms with E-state index in [9.17, 15) is 4.79 Å². The molecular formula is C49H32N2OS. The standard InChI is InChI=1S/C49H32N2OS/c52-48-47(33-14-4-1-5-15-33)49(48,34-18-6-2-7-19-34)35-26-28-37(29-27-35)51-41-24-13-17-32-16-12-22-38(46(32)41)39-30-45-43(31-42(39)51)50(36-20-8-3-9-21-36)40-23-10-11-25-44(40)53-45/h1-31,47H. The predicted octanol–water partition coefficient (Wildman–Crippen LogP) is 12.9. The predicted molar refractivity (Wildman–Crippen MR) is 218 cm³/mol. The van der Waals surface area contributed by atoms with Gasteiger partial charge < -0.3 is 9.80 Å². The van der Waals surface area contributed by atoms with Crippen molar-refractivity contribution in [3.05, 3.63) is 205 Å². The molecule has 2 aliphatic heterocycles. The molecule has 250 valence electrons. The van der Waals surface area contributed by atoms with E-state index in [1.807, 2.05) is 48.2 Å². The van der Waals surface area contributed by atoms with Crippen molar-refractivity contribution in [2.24, 2.45) is 0 Å². The Hall–Kier alpha value is -6.36. The summed E-state index contributed by atoms with van der Waals surface area (Å²) < 4.78 is 0. The molecule has 0 bridgehead atoms. The van der Waals surface area contributed by atoms with Gasteiger partial charge in [-0.2, -0.15) is 0 Å². The van der Waals surface area contributed by atoms with Gasteiger partial charge in [0.1, 0.15) is 0 Å². The van der Waals surface area contributed by atoms with E-state index >= 15 is 0 Å². The van der Waals surface area contributed by atoms with Crippen LogP contribution < -0.4 is 9.80 Å². The first-order chi connectivity index (χ1) is 26.2. The summed E-state index contributed by atoms with van der Waals surface area (Å²) in [4.78, 5) is 21.4. The number of nitrogens with zero attached hydrogens (tertiary/aromatic N) is 2. The first-order valence-corrected chi connectivity index (χ1v) is 18.9. The van der Waals surface area contributed by atoms with Gasteiger partial charge in [0.25, 0.3) is 0 Å². The SMILES string of the molecule is O=C1C(c2ccccc2)C1(c1ccccc1)c1ccc(N2c3cc4c(cc3-c3cccc5cccc2c35)Sc2ccccc2N4c2ccccc2)cc1. The number of anilines is 6. The van der Waals surface area contributed by atoms with E-state index in [0.29, 0.717) is 0 Å². The summed E-state index contributed by atoms with van der Waals surface area (Å²) in [7, 11) is 0. The van der Waals surface area contributed by atoms with Crippen LogP contribution in [-0.4, -0.2) is 5.78 Å². The maximum atomic E-state index is 14.1. The lowest BCUT2D eigenvalue weighted by Gasteiger charge is -2.38. The number of hydrogen-bond acceptors (Lipinski definition) is 4. The molecule has 0 aromatic heterocycles. The molecule has 0 saturated heterocycles. The summed E-state index contributed by atoms with van der Waals surface area (Å²) in [5.74, 6) is 0.0271. The van der Waals surface area contributed by atoms with Crippen LogP contribution >= 0.6 is 11.8 Å². The van der Waals surface area contributed by atoms with E-state index in [1.165, 1.54) is 37.4 Å². The summed E-state index contributed by atoms with van der Waals surface area (Å²) in [6.45, 7) is 0. The van der Waals surface area contributed by atoms with E-state index in [2.05, 4.69) is 161 Å². The molecule has 2 heterocycles. The minimum absolute atomic E-state index is 0.218. The summed E-state index contributed by atoms with van der Waals surface area (Å²) in [5.41, 5.74) is 11.7. The van der Waals surface area contributed by atoms with Crippen LogP contribution in [0.4, 0.5) is 34.1 Å². The molecule has 3 aliphatic rings. The van der Waals surface area contributed by atoms with Gasteiger partial charge >= 0.3 is 0 Å². The number of rotatable bonds is 5. The third-order valence-corrected chi connectivity index (χ3v) is 12.4. The second kappa shape index (κ2) is 11.6. The summed E-state index contributed by atoms with van der Waals surface area (Å²) >= 11 is 1.84. The quantitative estimate of drug-likeness (QED) is 0.179. The smallest absolute Gasteiger partial charge is 0.158 e. The van der Waals surface area contributed by atoms with Crippen LogP contribution in [0.15, 0.2) is 198 Å². The number of ketones is 1. The fourth-order valence-corrected chi connectivity index (χ4v) is 9.97. The van der Waals surface area contributed by atoms with Crippen molar-refractivity contribution in [3.8, 4) is 11.1 Å². The average molecular weight is 697 g/mol. The number of benzene rings is 8. The number of carbonyl (C=O) groups is 1. The highest BCUT2D eigenvalue weighted by molar-refractivity contribution is 7.99. The molecule has 1 fully saturated rings. The minimum atomic E-state index is -0.715. The maximum Gasteiger partial charge on any atom is 0.158 e. The molecule has 0 amide bonds. The topological polar surface area (TPSA) is 23.6 Å². The molecule has 2 atom stereocenters. The van der Waals surface area contributed by atoms with Crippen LogP contribution in [-0.2, 0) is 10.2 Å². The molecule has 1 saturated carbocycles. The Morgan fingerprint density at radius 2 is 1.06 bits per heavy atom. The summed E-state index contributed by atoms with van der Waals surface area (Å²) in [6.07, 6.45) is 0. The molecule has 1 aliphatic carbocycles. The van der Waals surface area contributed by atoms with E-state index in [4.69, 9.17) is 0 Å². The molecule has 11 rings (SSSR count). The van der Waals surface area contributed by atoms with Crippen molar-refractivity contribution in [1.82, 2.24) is 0 Å². The minimum Gasteiger partial charge on any atom is -0.309 e. The molecule has 0 radical (unpaired) electrons. The normalized spacial score (nSPS) is 18.0. The van der Waals surface area contributed by atoms with E-state index in [-0.39, 0.29) is 11.7 Å². The Morgan fingerprint density at radius 1 is 0.453 bits per heavy atom. The Balaban J connectivity index is 1.11. The fraction of sp³-hybridized carbons (Fsp3) is 0.0408. The van der Waals surface area contributed by atoms with Crippen molar-refractivity contribution in [3.63, 3.8) is 0 Å². The number of carbonyl (C=O) groups excluding carboxylic acids is 1. The third kappa shape index (κ3) is 4.39. The van der Waals surface area contributed by atoms with Gasteiger partial charge in [0.15, 0.2) is 5.78 Å². The lowest BCUT2D eigenvalue weighted by molar-refractivity contribution is -0.111. The molecule has 53 heavy (non-hydrogen) atoms. The molecule has 8 aromatic rings. The number of para-hydroxylation sites is 2. The van der Waals surface area contributed by atoms with Gasteiger partial charge in [-0.05, 0) is 82.2 Å². The summed E-state index contributed by atoms with van der Waals surface area (Å²) in [6, 6.07) is 66.7. The van der Waals surface area contributed by atoms with Crippen LogP contribution in [0.25, 0.3) is 21.9 Å². The van der Waals surface area contributed by atoms with Crippen molar-refractivity contribution >= 4 is 62.4 Å². The molecular weight excluding hydrogens is 665 g/mol. The maximum absolute atomic E-state index is 14.1. The van der Waals surface area contributed by atoms with Crippen molar-refractivity contribution in [2.75, 3.05) is 9.80 Å². The van der Waals surface area contributed by atoms with Gasteiger partial charge in [0.05, 0.1) is 34.1 Å². The highest BCUT2D eigenvalue weighted by Gasteiger charge is 2.67. The monoisotopic (exact) mass is 696 g/mol. The van der Waals surface area contributed by atoms with Gasteiger partial charge in [0.2, 0.25) is 0 Å². The molecule has 2 unspecified atom stereocenters. The van der Waals surface area contributed by atoms with Crippen molar-refractivity contribution < 1.29 is 4.79 Å². The molecule has 0 spiro atoms. The lowest BCUT2D eigenvalue weighted by atomic mass is 9.83. The average Bonchev–Trinajstić information content (AvgIpc) is 3.86. The second-order valence-electron chi connectivity index (χ2n) is 14.0. The highest BCUT2D eigenvalue weighted by atomic mass is 32.2. The van der Waals surface area contributed by atoms with Crippen molar-refractivity contribution in [2.45, 2.75) is 21.1 Å². The Bertz CT molecular complexity index is 2720. The number of hydrogen-bond donors (Lipinski definition) is 0. The molecule has 4 heteroatoms. The molecule has 3 nitrogen and oxygen atoms in total. The third-order valence-electron chi connectivity index (χ3n) is 11.3. The second-order valence-corrected chi connectivity index (χ2v) is 15.1. The van der Waals surface area contributed by atoms with Gasteiger partial charge in [-0.1, -0.05) is 145 Å². The zero-order valence-electron chi connectivity index (χ0n) is 28.7. The van der Waals surface area contributed by atoms with E-state index < -0.39 is 5.41 Å². The van der Waals surface area contributed by atoms with Crippen LogP contribution in [0, 0.1) is 0 Å². The van der Waals surface area contributed by atoms with Gasteiger partial charge in [0, 0.05) is 32.1 Å². The van der Waals surface area contributed by atoms with Crippen LogP contribution in [0.3, 0.4) is 0 Å². The lowest BCUT2D eigenvalue weighted by Crippen LogP contribution is -2.19. The highest BCUT2D eigenvalue weighted by Crippen LogP contribution is 2.62. The van der Waals surface area contributed by atoms with Crippen LogP contribution in [0.5, 0.6) is 0 Å². The zero-order valence-corrected chi connectivity index (χ0v) is 29.5. The molecule has 8 aromatic carbocycles.